The van der Waals surface area contributed by atoms with E-state index < -0.39 is 15.7 Å². The Kier molecular flexibility index (Phi) is 7.27. The van der Waals surface area contributed by atoms with Gasteiger partial charge in [0.05, 0.1) is 12.7 Å². The molecule has 0 aromatic heterocycles. The molecule has 0 spiro atoms. The topological polar surface area (TPSA) is 87.7 Å². The van der Waals surface area contributed by atoms with Gasteiger partial charge in [-0.15, -0.1) is 0 Å². The smallest absolute Gasteiger partial charge is 0.279 e. The number of amides is 1. The van der Waals surface area contributed by atoms with Gasteiger partial charge in [-0.1, -0.05) is 42.5 Å². The molecule has 32 heavy (non-hydrogen) atoms. The summed E-state index contributed by atoms with van der Waals surface area (Å²) < 4.78 is 35.2. The molecule has 0 unspecified atom stereocenters. The molecule has 2 N–H and O–H groups in total. The Morgan fingerprint density at radius 2 is 1.62 bits per heavy atom. The van der Waals surface area contributed by atoms with Crippen LogP contribution in [-0.4, -0.2) is 50.9 Å². The number of hydrogen-bond donors (Lipinski definition) is 2. The molecule has 0 atom stereocenters. The van der Waals surface area contributed by atoms with Crippen LogP contribution in [0.15, 0.2) is 54.6 Å². The molecule has 0 bridgehead atoms. The van der Waals surface area contributed by atoms with Crippen molar-refractivity contribution in [3.05, 3.63) is 65.7 Å². The Labute approximate surface area is 191 Å². The molecular weight excluding hydrogens is 426 g/mol. The van der Waals surface area contributed by atoms with Crippen LogP contribution in [0.2, 0.25) is 0 Å². The van der Waals surface area contributed by atoms with Crippen molar-refractivity contribution in [2.45, 2.75) is 44.6 Å². The predicted molar refractivity (Wildman–Crippen MR) is 126 cm³/mol. The zero-order valence-electron chi connectivity index (χ0n) is 19.2. The minimum absolute atomic E-state index is 0.206. The summed E-state index contributed by atoms with van der Waals surface area (Å²) in [6, 6.07) is 17.1. The second-order valence-corrected chi connectivity index (χ2v) is 11.0. The minimum Gasteiger partial charge on any atom is -0.496 e. The van der Waals surface area contributed by atoms with Crippen LogP contribution in [0.4, 0.5) is 0 Å². The molecule has 7 nitrogen and oxygen atoms in total. The molecular formula is C24H33N3O4S. The van der Waals surface area contributed by atoms with Gasteiger partial charge in [0.25, 0.3) is 16.1 Å². The van der Waals surface area contributed by atoms with Gasteiger partial charge in [0.15, 0.2) is 0 Å². The second-order valence-electron chi connectivity index (χ2n) is 9.29. The molecule has 1 aliphatic heterocycles. The van der Waals surface area contributed by atoms with Crippen molar-refractivity contribution < 1.29 is 17.9 Å². The Hall–Kier alpha value is -2.42. The van der Waals surface area contributed by atoms with E-state index in [4.69, 9.17) is 4.74 Å². The number of rotatable bonds is 7. The summed E-state index contributed by atoms with van der Waals surface area (Å²) in [5.41, 5.74) is 0.677. The maximum atomic E-state index is 12.9. The molecule has 1 heterocycles. The SMILES string of the molecule is COc1ccccc1C(=O)NCC1(c2ccccc2)CCN(S(=O)(=O)NC(C)(C)C)CC1. The summed E-state index contributed by atoms with van der Waals surface area (Å²) >= 11 is 0. The highest BCUT2D eigenvalue weighted by atomic mass is 32.2. The van der Waals surface area contributed by atoms with Crippen molar-refractivity contribution >= 4 is 16.1 Å². The minimum atomic E-state index is -3.58. The summed E-state index contributed by atoms with van der Waals surface area (Å²) in [4.78, 5) is 12.9. The summed E-state index contributed by atoms with van der Waals surface area (Å²) in [5, 5.41) is 3.07. The predicted octanol–water partition coefficient (Wildman–Crippen LogP) is 3.09. The van der Waals surface area contributed by atoms with E-state index >= 15 is 0 Å². The number of nitrogens with one attached hydrogen (secondary N) is 2. The van der Waals surface area contributed by atoms with Crippen molar-refractivity contribution in [2.75, 3.05) is 26.7 Å². The molecule has 0 aliphatic carbocycles. The normalized spacial score (nSPS) is 17.0. The Morgan fingerprint density at radius 3 is 2.22 bits per heavy atom. The summed E-state index contributed by atoms with van der Waals surface area (Å²) in [5.74, 6) is 0.315. The number of ether oxygens (including phenoxy) is 1. The number of nitrogens with zero attached hydrogens (tertiary/aromatic N) is 1. The van der Waals surface area contributed by atoms with Crippen LogP contribution >= 0.6 is 0 Å². The van der Waals surface area contributed by atoms with Gasteiger partial charge in [0.2, 0.25) is 0 Å². The van der Waals surface area contributed by atoms with Gasteiger partial charge in [0.1, 0.15) is 5.75 Å². The number of piperidine rings is 1. The summed E-state index contributed by atoms with van der Waals surface area (Å²) in [6.45, 7) is 6.66. The van der Waals surface area contributed by atoms with Crippen LogP contribution < -0.4 is 14.8 Å². The zero-order valence-corrected chi connectivity index (χ0v) is 20.0. The van der Waals surface area contributed by atoms with Crippen molar-refractivity contribution in [3.63, 3.8) is 0 Å². The number of carbonyl (C=O) groups is 1. The van der Waals surface area contributed by atoms with E-state index in [0.29, 0.717) is 43.8 Å². The van der Waals surface area contributed by atoms with Gasteiger partial charge in [-0.05, 0) is 51.3 Å². The number of carbonyl (C=O) groups excluding carboxylic acids is 1. The zero-order chi connectivity index (χ0) is 23.4. The molecule has 0 saturated carbocycles. The fourth-order valence-corrected chi connectivity index (χ4v) is 5.71. The lowest BCUT2D eigenvalue weighted by Crippen LogP contribution is -2.55. The van der Waals surface area contributed by atoms with E-state index in [9.17, 15) is 13.2 Å². The highest BCUT2D eigenvalue weighted by Crippen LogP contribution is 2.36. The number of para-hydroxylation sites is 1. The van der Waals surface area contributed by atoms with Crippen molar-refractivity contribution in [1.82, 2.24) is 14.3 Å². The van der Waals surface area contributed by atoms with E-state index in [1.54, 1.807) is 25.3 Å². The van der Waals surface area contributed by atoms with Gasteiger partial charge in [-0.2, -0.15) is 17.4 Å². The first-order valence-electron chi connectivity index (χ1n) is 10.8. The van der Waals surface area contributed by atoms with Crippen LogP contribution in [0.1, 0.15) is 49.5 Å². The first kappa shape index (κ1) is 24.2. The molecule has 1 amide bonds. The summed E-state index contributed by atoms with van der Waals surface area (Å²) in [7, 11) is -2.04. The molecule has 2 aromatic carbocycles. The highest BCUT2D eigenvalue weighted by molar-refractivity contribution is 7.87. The van der Waals surface area contributed by atoms with Crippen LogP contribution in [0.25, 0.3) is 0 Å². The van der Waals surface area contributed by atoms with Crippen molar-refractivity contribution in [1.29, 1.82) is 0 Å². The largest absolute Gasteiger partial charge is 0.496 e. The van der Waals surface area contributed by atoms with Crippen molar-refractivity contribution in [3.8, 4) is 5.75 Å². The van der Waals surface area contributed by atoms with E-state index in [-0.39, 0.29) is 11.3 Å². The second kappa shape index (κ2) is 9.60. The van der Waals surface area contributed by atoms with E-state index in [1.165, 1.54) is 4.31 Å². The lowest BCUT2D eigenvalue weighted by atomic mass is 9.73. The fourth-order valence-electron chi connectivity index (χ4n) is 4.14. The Morgan fingerprint density at radius 1 is 1.03 bits per heavy atom. The third-order valence-corrected chi connectivity index (χ3v) is 7.70. The van der Waals surface area contributed by atoms with E-state index in [0.717, 1.165) is 5.56 Å². The standard InChI is InChI=1S/C24H33N3O4S/c1-23(2,3)26-32(29,30)27-16-14-24(15-17-27,19-10-6-5-7-11-19)18-25-22(28)20-12-8-9-13-21(20)31-4/h5-13,26H,14-18H2,1-4H3,(H,25,28). The first-order valence-corrected chi connectivity index (χ1v) is 12.3. The maximum absolute atomic E-state index is 12.9. The fraction of sp³-hybridized carbons (Fsp3) is 0.458. The molecule has 1 aliphatic rings. The average molecular weight is 460 g/mol. The highest BCUT2D eigenvalue weighted by Gasteiger charge is 2.40. The van der Waals surface area contributed by atoms with Crippen LogP contribution in [0.3, 0.4) is 0 Å². The van der Waals surface area contributed by atoms with Gasteiger partial charge >= 0.3 is 0 Å². The maximum Gasteiger partial charge on any atom is 0.279 e. The van der Waals surface area contributed by atoms with E-state index in [1.807, 2.05) is 57.2 Å². The van der Waals surface area contributed by atoms with Gasteiger partial charge in [-0.25, -0.2) is 0 Å². The first-order chi connectivity index (χ1) is 15.1. The van der Waals surface area contributed by atoms with E-state index in [2.05, 4.69) is 10.0 Å². The Bertz CT molecular complexity index is 1020. The molecule has 2 aromatic rings. The van der Waals surface area contributed by atoms with Gasteiger partial charge < -0.3 is 10.1 Å². The van der Waals surface area contributed by atoms with Crippen LogP contribution in [0, 0.1) is 0 Å². The molecule has 0 radical (unpaired) electrons. The third-order valence-electron chi connectivity index (χ3n) is 5.78. The Balaban J connectivity index is 1.79. The molecule has 1 saturated heterocycles. The van der Waals surface area contributed by atoms with Gasteiger partial charge in [0, 0.05) is 30.6 Å². The monoisotopic (exact) mass is 459 g/mol. The quantitative estimate of drug-likeness (QED) is 0.666. The molecule has 174 valence electrons. The molecule has 3 rings (SSSR count). The average Bonchev–Trinajstić information content (AvgIpc) is 2.76. The number of methoxy groups -OCH3 is 1. The number of benzene rings is 2. The molecule has 1 fully saturated rings. The number of hydrogen-bond acceptors (Lipinski definition) is 4. The van der Waals surface area contributed by atoms with Crippen LogP contribution in [-0.2, 0) is 15.6 Å². The van der Waals surface area contributed by atoms with Crippen molar-refractivity contribution in [2.24, 2.45) is 0 Å². The van der Waals surface area contributed by atoms with Crippen LogP contribution in [0.5, 0.6) is 5.75 Å². The third kappa shape index (κ3) is 5.68. The van der Waals surface area contributed by atoms with Gasteiger partial charge in [-0.3, -0.25) is 4.79 Å². The molecule has 8 heteroatoms. The lowest BCUT2D eigenvalue weighted by molar-refractivity contribution is 0.0929. The lowest BCUT2D eigenvalue weighted by Gasteiger charge is -2.42. The summed E-state index contributed by atoms with van der Waals surface area (Å²) in [6.07, 6.45) is 1.21.